The molecule has 1 N–H and O–H groups in total. The molecule has 4 heteroatoms. The number of rotatable bonds is 3. The molecule has 0 spiro atoms. The number of carbonyl (C=O) groups excluding carboxylic acids is 1. The summed E-state index contributed by atoms with van der Waals surface area (Å²) < 4.78 is 0. The Labute approximate surface area is 123 Å². The van der Waals surface area contributed by atoms with Crippen LogP contribution in [-0.4, -0.2) is 21.8 Å². The Morgan fingerprint density at radius 3 is 3.05 bits per heavy atom. The van der Waals surface area contributed by atoms with Gasteiger partial charge in [0.1, 0.15) is 0 Å². The van der Waals surface area contributed by atoms with Crippen molar-refractivity contribution >= 4 is 21.8 Å². The number of alkyl halides is 1. The molecule has 1 saturated carbocycles. The van der Waals surface area contributed by atoms with Gasteiger partial charge in [0, 0.05) is 22.8 Å². The van der Waals surface area contributed by atoms with Crippen LogP contribution in [0, 0.1) is 12.8 Å². The Hall–Kier alpha value is -0.900. The summed E-state index contributed by atoms with van der Waals surface area (Å²) in [7, 11) is 0. The lowest BCUT2D eigenvalue weighted by Gasteiger charge is -2.39. The smallest absolute Gasteiger partial charge is 0.251 e. The predicted octanol–water partition coefficient (Wildman–Crippen LogP) is 3.46. The van der Waals surface area contributed by atoms with Gasteiger partial charge in [0.2, 0.25) is 0 Å². The molecule has 1 aromatic rings. The molecule has 0 saturated heterocycles. The molecule has 0 aromatic carbocycles. The van der Waals surface area contributed by atoms with Gasteiger partial charge in [0.15, 0.2) is 0 Å². The van der Waals surface area contributed by atoms with Crippen LogP contribution in [0.25, 0.3) is 0 Å². The number of amides is 1. The molecule has 104 valence electrons. The highest BCUT2D eigenvalue weighted by atomic mass is 79.9. The van der Waals surface area contributed by atoms with Crippen LogP contribution in [0.2, 0.25) is 0 Å². The van der Waals surface area contributed by atoms with E-state index in [0.29, 0.717) is 11.5 Å². The van der Waals surface area contributed by atoms with Crippen LogP contribution in [0.15, 0.2) is 18.3 Å². The van der Waals surface area contributed by atoms with Gasteiger partial charge >= 0.3 is 0 Å². The van der Waals surface area contributed by atoms with Crippen LogP contribution in [-0.2, 0) is 0 Å². The molecule has 1 fully saturated rings. The van der Waals surface area contributed by atoms with Crippen LogP contribution >= 0.6 is 15.9 Å². The van der Waals surface area contributed by atoms with E-state index in [2.05, 4.69) is 33.2 Å². The lowest BCUT2D eigenvalue weighted by molar-refractivity contribution is 0.0869. The number of pyridine rings is 1. The van der Waals surface area contributed by atoms with E-state index >= 15 is 0 Å². The van der Waals surface area contributed by atoms with Crippen molar-refractivity contribution in [3.63, 3.8) is 0 Å². The molecule has 1 amide bonds. The molecular weight excluding hydrogens is 304 g/mol. The first-order chi connectivity index (χ1) is 9.04. The van der Waals surface area contributed by atoms with Crippen molar-refractivity contribution in [1.82, 2.24) is 10.3 Å². The number of aryl methyl sites for hydroxylation is 1. The molecule has 19 heavy (non-hydrogen) atoms. The van der Waals surface area contributed by atoms with E-state index in [1.165, 1.54) is 12.8 Å². The SMILES string of the molecule is Cc1cc(C(=O)NC2(CBr)CCCC(C)C2)ccn1. The number of nitrogens with one attached hydrogen (secondary N) is 1. The molecule has 2 rings (SSSR count). The van der Waals surface area contributed by atoms with Gasteiger partial charge < -0.3 is 5.32 Å². The van der Waals surface area contributed by atoms with Crippen molar-refractivity contribution in [2.24, 2.45) is 5.92 Å². The normalized spacial score (nSPS) is 27.0. The van der Waals surface area contributed by atoms with E-state index < -0.39 is 0 Å². The van der Waals surface area contributed by atoms with Crippen LogP contribution in [0.1, 0.15) is 48.7 Å². The monoisotopic (exact) mass is 324 g/mol. The zero-order chi connectivity index (χ0) is 13.9. The molecule has 0 aliphatic heterocycles. The molecule has 2 atom stereocenters. The summed E-state index contributed by atoms with van der Waals surface area (Å²) in [4.78, 5) is 16.5. The average Bonchev–Trinajstić information content (AvgIpc) is 2.38. The minimum Gasteiger partial charge on any atom is -0.346 e. The van der Waals surface area contributed by atoms with Gasteiger partial charge in [-0.25, -0.2) is 0 Å². The number of hydrogen-bond acceptors (Lipinski definition) is 2. The number of halogens is 1. The molecule has 0 bridgehead atoms. The zero-order valence-corrected chi connectivity index (χ0v) is 13.2. The highest BCUT2D eigenvalue weighted by Gasteiger charge is 2.35. The third-order valence-electron chi connectivity index (χ3n) is 3.88. The number of hydrogen-bond donors (Lipinski definition) is 1. The fraction of sp³-hybridized carbons (Fsp3) is 0.600. The first-order valence-corrected chi connectivity index (χ1v) is 7.98. The van der Waals surface area contributed by atoms with E-state index in [1.54, 1.807) is 12.3 Å². The highest BCUT2D eigenvalue weighted by Crippen LogP contribution is 2.33. The fourth-order valence-corrected chi connectivity index (χ4v) is 3.58. The number of carbonyl (C=O) groups is 1. The first kappa shape index (κ1) is 14.5. The van der Waals surface area contributed by atoms with Crippen molar-refractivity contribution in [1.29, 1.82) is 0 Å². The molecule has 0 radical (unpaired) electrons. The van der Waals surface area contributed by atoms with Crippen LogP contribution < -0.4 is 5.32 Å². The lowest BCUT2D eigenvalue weighted by atomic mass is 9.77. The lowest BCUT2D eigenvalue weighted by Crippen LogP contribution is -2.52. The summed E-state index contributed by atoms with van der Waals surface area (Å²) in [6.45, 7) is 4.17. The fourth-order valence-electron chi connectivity index (χ4n) is 2.93. The van der Waals surface area contributed by atoms with Gasteiger partial charge in [0.25, 0.3) is 5.91 Å². The Morgan fingerprint density at radius 1 is 1.63 bits per heavy atom. The third-order valence-corrected chi connectivity index (χ3v) is 4.96. The molecule has 2 unspecified atom stereocenters. The summed E-state index contributed by atoms with van der Waals surface area (Å²) in [5, 5.41) is 4.06. The quantitative estimate of drug-likeness (QED) is 0.865. The average molecular weight is 325 g/mol. The van der Waals surface area contributed by atoms with Gasteiger partial charge in [-0.2, -0.15) is 0 Å². The molecule has 1 aliphatic carbocycles. The van der Waals surface area contributed by atoms with E-state index in [1.807, 2.05) is 13.0 Å². The van der Waals surface area contributed by atoms with E-state index in [9.17, 15) is 4.79 Å². The summed E-state index contributed by atoms with van der Waals surface area (Å²) in [6.07, 6.45) is 6.24. The second-order valence-electron chi connectivity index (χ2n) is 5.76. The maximum Gasteiger partial charge on any atom is 0.251 e. The molecule has 1 heterocycles. The summed E-state index contributed by atoms with van der Waals surface area (Å²) in [5.74, 6) is 0.685. The Kier molecular flexibility index (Phi) is 4.61. The maximum atomic E-state index is 12.4. The Balaban J connectivity index is 2.12. The number of aromatic nitrogens is 1. The van der Waals surface area contributed by atoms with Crippen molar-refractivity contribution in [2.45, 2.75) is 45.1 Å². The van der Waals surface area contributed by atoms with E-state index in [4.69, 9.17) is 0 Å². The zero-order valence-electron chi connectivity index (χ0n) is 11.6. The van der Waals surface area contributed by atoms with Gasteiger partial charge in [-0.15, -0.1) is 0 Å². The van der Waals surface area contributed by atoms with Gasteiger partial charge in [-0.1, -0.05) is 35.7 Å². The van der Waals surface area contributed by atoms with Crippen LogP contribution in [0.3, 0.4) is 0 Å². The second-order valence-corrected chi connectivity index (χ2v) is 6.32. The van der Waals surface area contributed by atoms with Gasteiger partial charge in [-0.05, 0) is 37.8 Å². The molecule has 3 nitrogen and oxygen atoms in total. The predicted molar refractivity (Wildman–Crippen MR) is 80.6 cm³/mol. The number of nitrogens with zero attached hydrogens (tertiary/aromatic N) is 1. The standard InChI is InChI=1S/C15H21BrN2O/c1-11-4-3-6-15(9-11,10-16)18-14(19)13-5-7-17-12(2)8-13/h5,7-8,11H,3-4,6,9-10H2,1-2H3,(H,18,19). The summed E-state index contributed by atoms with van der Waals surface area (Å²) in [5.41, 5.74) is 1.48. The first-order valence-electron chi connectivity index (χ1n) is 6.86. The Bertz CT molecular complexity index is 463. The van der Waals surface area contributed by atoms with E-state index in [-0.39, 0.29) is 11.4 Å². The maximum absolute atomic E-state index is 12.4. The Morgan fingerprint density at radius 2 is 2.42 bits per heavy atom. The summed E-state index contributed by atoms with van der Waals surface area (Å²) in [6, 6.07) is 3.61. The minimum atomic E-state index is -0.0913. The molecule has 1 aromatic heterocycles. The third kappa shape index (κ3) is 3.56. The van der Waals surface area contributed by atoms with Gasteiger partial charge in [-0.3, -0.25) is 9.78 Å². The second kappa shape index (κ2) is 6.04. The minimum absolute atomic E-state index is 0.0130. The topological polar surface area (TPSA) is 42.0 Å². The van der Waals surface area contributed by atoms with Crippen molar-refractivity contribution < 1.29 is 4.79 Å². The largest absolute Gasteiger partial charge is 0.346 e. The van der Waals surface area contributed by atoms with E-state index in [0.717, 1.165) is 23.9 Å². The summed E-state index contributed by atoms with van der Waals surface area (Å²) >= 11 is 3.58. The van der Waals surface area contributed by atoms with Gasteiger partial charge in [0.05, 0.1) is 5.54 Å². The highest BCUT2D eigenvalue weighted by molar-refractivity contribution is 9.09. The van der Waals surface area contributed by atoms with Crippen molar-refractivity contribution in [3.05, 3.63) is 29.6 Å². The molecule has 1 aliphatic rings. The van der Waals surface area contributed by atoms with Crippen LogP contribution in [0.5, 0.6) is 0 Å². The van der Waals surface area contributed by atoms with Crippen molar-refractivity contribution in [2.75, 3.05) is 5.33 Å². The van der Waals surface area contributed by atoms with Crippen molar-refractivity contribution in [3.8, 4) is 0 Å². The molecular formula is C15H21BrN2O. The van der Waals surface area contributed by atoms with Crippen LogP contribution in [0.4, 0.5) is 0 Å².